The highest BCUT2D eigenvalue weighted by atomic mass is 79.9. The van der Waals surface area contributed by atoms with Gasteiger partial charge in [-0.15, -0.1) is 0 Å². The van der Waals surface area contributed by atoms with Gasteiger partial charge in [-0.3, -0.25) is 0 Å². The molecule has 0 radical (unpaired) electrons. The Bertz CT molecular complexity index is 772. The number of benzene rings is 2. The molecular formula is C19H14Br2. The molecule has 2 aliphatic rings. The van der Waals surface area contributed by atoms with Crippen LogP contribution in [-0.2, 0) is 12.8 Å². The number of hydrogen-bond acceptors (Lipinski definition) is 0. The summed E-state index contributed by atoms with van der Waals surface area (Å²) in [7, 11) is 0. The van der Waals surface area contributed by atoms with Crippen molar-refractivity contribution < 1.29 is 0 Å². The van der Waals surface area contributed by atoms with Crippen molar-refractivity contribution in [1.82, 2.24) is 0 Å². The molecule has 0 heterocycles. The van der Waals surface area contributed by atoms with E-state index in [4.69, 9.17) is 0 Å². The van der Waals surface area contributed by atoms with Crippen molar-refractivity contribution in [3.8, 4) is 11.1 Å². The zero-order valence-electron chi connectivity index (χ0n) is 11.4. The molecule has 0 fully saturated rings. The smallest absolute Gasteiger partial charge is 0.0210 e. The molecule has 0 saturated heterocycles. The maximum atomic E-state index is 3.76. The molecular weight excluding hydrogens is 388 g/mol. The van der Waals surface area contributed by atoms with Crippen molar-refractivity contribution in [2.75, 3.05) is 0 Å². The lowest BCUT2D eigenvalue weighted by Gasteiger charge is -2.13. The highest BCUT2D eigenvalue weighted by Crippen LogP contribution is 2.42. The van der Waals surface area contributed by atoms with E-state index in [0.29, 0.717) is 5.92 Å². The van der Waals surface area contributed by atoms with Crippen molar-refractivity contribution in [1.29, 1.82) is 0 Å². The fourth-order valence-electron chi connectivity index (χ4n) is 3.35. The molecule has 0 aliphatic heterocycles. The number of halogens is 2. The molecule has 4 rings (SSSR count). The Morgan fingerprint density at radius 3 is 2.52 bits per heavy atom. The van der Waals surface area contributed by atoms with Crippen LogP contribution in [0.2, 0.25) is 0 Å². The van der Waals surface area contributed by atoms with Gasteiger partial charge in [-0.1, -0.05) is 68.3 Å². The Morgan fingerprint density at radius 2 is 1.71 bits per heavy atom. The van der Waals surface area contributed by atoms with Crippen molar-refractivity contribution in [2.45, 2.75) is 12.8 Å². The quantitative estimate of drug-likeness (QED) is 0.489. The van der Waals surface area contributed by atoms with Gasteiger partial charge < -0.3 is 0 Å². The third-order valence-electron chi connectivity index (χ3n) is 4.37. The molecule has 0 unspecified atom stereocenters. The van der Waals surface area contributed by atoms with Crippen LogP contribution in [0.3, 0.4) is 0 Å². The van der Waals surface area contributed by atoms with Crippen molar-refractivity contribution in [3.05, 3.63) is 80.3 Å². The molecule has 2 aliphatic carbocycles. The number of fused-ring (bicyclic) bond motifs is 3. The van der Waals surface area contributed by atoms with Gasteiger partial charge in [0.15, 0.2) is 0 Å². The first kappa shape index (κ1) is 13.5. The van der Waals surface area contributed by atoms with E-state index in [1.807, 2.05) is 0 Å². The van der Waals surface area contributed by atoms with Crippen LogP contribution in [0.25, 0.3) is 11.1 Å². The molecule has 0 spiro atoms. The summed E-state index contributed by atoms with van der Waals surface area (Å²) < 4.78 is 2.40. The molecule has 0 atom stereocenters. The van der Waals surface area contributed by atoms with E-state index < -0.39 is 0 Å². The second-order valence-corrected chi connectivity index (χ2v) is 7.44. The van der Waals surface area contributed by atoms with Crippen molar-refractivity contribution in [3.63, 3.8) is 0 Å². The largest absolute Gasteiger partial charge is 0.0773 e. The van der Waals surface area contributed by atoms with Gasteiger partial charge in [-0.2, -0.15) is 0 Å². The Kier molecular flexibility index (Phi) is 3.39. The normalized spacial score (nSPS) is 15.5. The van der Waals surface area contributed by atoms with Crippen molar-refractivity contribution >= 4 is 31.9 Å². The molecule has 2 aromatic rings. The monoisotopic (exact) mass is 400 g/mol. The van der Waals surface area contributed by atoms with E-state index in [-0.39, 0.29) is 0 Å². The van der Waals surface area contributed by atoms with Crippen LogP contribution in [0.1, 0.15) is 16.7 Å². The lowest BCUT2D eigenvalue weighted by atomic mass is 9.93. The van der Waals surface area contributed by atoms with Gasteiger partial charge in [0.25, 0.3) is 0 Å². The lowest BCUT2D eigenvalue weighted by molar-refractivity contribution is 0.805. The van der Waals surface area contributed by atoms with Crippen molar-refractivity contribution in [2.24, 2.45) is 5.92 Å². The van der Waals surface area contributed by atoms with Crippen LogP contribution in [-0.4, -0.2) is 0 Å². The average molecular weight is 402 g/mol. The molecule has 2 aromatic carbocycles. The molecule has 0 saturated carbocycles. The van der Waals surface area contributed by atoms with E-state index in [1.54, 1.807) is 0 Å². The van der Waals surface area contributed by atoms with Crippen LogP contribution in [0.5, 0.6) is 0 Å². The SMILES string of the molecule is Brc1ccc2c(c1)Cc1c-2ccc(Br)c1CC1C=CC=C1. The summed E-state index contributed by atoms with van der Waals surface area (Å²) >= 11 is 7.35. The number of allylic oxidation sites excluding steroid dienone is 4. The maximum absolute atomic E-state index is 3.76. The average Bonchev–Trinajstić information content (AvgIpc) is 3.08. The predicted molar refractivity (Wildman–Crippen MR) is 95.6 cm³/mol. The third-order valence-corrected chi connectivity index (χ3v) is 5.60. The lowest BCUT2D eigenvalue weighted by Crippen LogP contribution is -2.01. The first-order valence-electron chi connectivity index (χ1n) is 7.16. The first-order valence-corrected chi connectivity index (χ1v) is 8.75. The Hall–Kier alpha value is -1.12. The molecule has 0 nitrogen and oxygen atoms in total. The zero-order chi connectivity index (χ0) is 14.4. The van der Waals surface area contributed by atoms with Gasteiger partial charge in [0.2, 0.25) is 0 Å². The van der Waals surface area contributed by atoms with Gasteiger partial charge >= 0.3 is 0 Å². The van der Waals surface area contributed by atoms with E-state index in [1.165, 1.54) is 32.3 Å². The second kappa shape index (κ2) is 5.26. The van der Waals surface area contributed by atoms with E-state index in [2.05, 4.69) is 86.5 Å². The summed E-state index contributed by atoms with van der Waals surface area (Å²) in [6.45, 7) is 0. The standard InChI is InChI=1S/C19H14Br2/c20-14-5-6-15-13(10-14)11-17-16(15)7-8-19(21)18(17)9-12-3-1-2-4-12/h1-8,10,12H,9,11H2. The Morgan fingerprint density at radius 1 is 0.952 bits per heavy atom. The molecule has 0 amide bonds. The summed E-state index contributed by atoms with van der Waals surface area (Å²) in [5, 5.41) is 0. The van der Waals surface area contributed by atoms with Gasteiger partial charge in [-0.05, 0) is 64.8 Å². The minimum absolute atomic E-state index is 0.531. The molecule has 2 heteroatoms. The van der Waals surface area contributed by atoms with E-state index in [0.717, 1.165) is 17.3 Å². The van der Waals surface area contributed by atoms with Gasteiger partial charge in [0.05, 0.1) is 0 Å². The summed E-state index contributed by atoms with van der Waals surface area (Å²) in [4.78, 5) is 0. The highest BCUT2D eigenvalue weighted by molar-refractivity contribution is 9.10. The van der Waals surface area contributed by atoms with Crippen LogP contribution in [0, 0.1) is 5.92 Å². The van der Waals surface area contributed by atoms with Gasteiger partial charge in [0, 0.05) is 8.95 Å². The fourth-order valence-corrected chi connectivity index (χ4v) is 4.29. The first-order chi connectivity index (χ1) is 10.2. The van der Waals surface area contributed by atoms with E-state index >= 15 is 0 Å². The van der Waals surface area contributed by atoms with Crippen LogP contribution >= 0.6 is 31.9 Å². The maximum Gasteiger partial charge on any atom is 0.0210 e. The number of hydrogen-bond donors (Lipinski definition) is 0. The highest BCUT2D eigenvalue weighted by Gasteiger charge is 2.23. The fraction of sp³-hybridized carbons (Fsp3) is 0.158. The van der Waals surface area contributed by atoms with Crippen LogP contribution in [0.4, 0.5) is 0 Å². The summed E-state index contributed by atoms with van der Waals surface area (Å²) in [5.41, 5.74) is 7.17. The molecule has 0 aromatic heterocycles. The van der Waals surface area contributed by atoms with E-state index in [9.17, 15) is 0 Å². The minimum atomic E-state index is 0.531. The number of rotatable bonds is 2. The Labute approximate surface area is 141 Å². The molecule has 0 bridgehead atoms. The summed E-state index contributed by atoms with van der Waals surface area (Å²) in [6, 6.07) is 11.1. The molecule has 21 heavy (non-hydrogen) atoms. The second-order valence-electron chi connectivity index (χ2n) is 5.67. The molecule has 104 valence electrons. The molecule has 0 N–H and O–H groups in total. The van der Waals surface area contributed by atoms with Crippen LogP contribution in [0.15, 0.2) is 63.6 Å². The van der Waals surface area contributed by atoms with Crippen LogP contribution < -0.4 is 0 Å². The Balaban J connectivity index is 1.81. The van der Waals surface area contributed by atoms with Gasteiger partial charge in [-0.25, -0.2) is 0 Å². The predicted octanol–water partition coefficient (Wildman–Crippen LogP) is 6.07. The topological polar surface area (TPSA) is 0 Å². The summed E-state index contributed by atoms with van der Waals surface area (Å²) in [5.74, 6) is 0.531. The zero-order valence-corrected chi connectivity index (χ0v) is 14.6. The van der Waals surface area contributed by atoms with Gasteiger partial charge in [0.1, 0.15) is 0 Å². The summed E-state index contributed by atoms with van der Waals surface area (Å²) in [6.07, 6.45) is 11.0. The minimum Gasteiger partial charge on any atom is -0.0773 e. The third kappa shape index (κ3) is 2.35.